The van der Waals surface area contributed by atoms with E-state index in [4.69, 9.17) is 5.73 Å². The van der Waals surface area contributed by atoms with Gasteiger partial charge in [-0.05, 0) is 26.7 Å². The number of likely N-dealkylation sites (tertiary alicyclic amines) is 1. The number of carbonyl (C=O) groups excluding carboxylic acids is 1. The zero-order chi connectivity index (χ0) is 13.3. The van der Waals surface area contributed by atoms with E-state index in [0.29, 0.717) is 13.0 Å². The lowest BCUT2D eigenvalue weighted by atomic mass is 10.0. The van der Waals surface area contributed by atoms with Crippen LogP contribution in [0.2, 0.25) is 0 Å². The molecule has 1 aliphatic rings. The summed E-state index contributed by atoms with van der Waals surface area (Å²) in [5, 5.41) is 4.34. The summed E-state index contributed by atoms with van der Waals surface area (Å²) in [4.78, 5) is 14.1. The fraction of sp³-hybridized carbons (Fsp3) is 0.692. The van der Waals surface area contributed by atoms with Gasteiger partial charge in [-0.3, -0.25) is 9.48 Å². The highest BCUT2D eigenvalue weighted by atomic mass is 16.2. The molecule has 0 spiro atoms. The van der Waals surface area contributed by atoms with E-state index in [1.165, 1.54) is 0 Å². The molecule has 1 aromatic heterocycles. The summed E-state index contributed by atoms with van der Waals surface area (Å²) in [7, 11) is 1.91. The van der Waals surface area contributed by atoms with Crippen molar-refractivity contribution in [1.82, 2.24) is 14.7 Å². The van der Waals surface area contributed by atoms with Crippen LogP contribution in [0.1, 0.15) is 29.8 Å². The Bertz CT molecular complexity index is 452. The monoisotopic (exact) mass is 250 g/mol. The molecule has 0 aliphatic carbocycles. The van der Waals surface area contributed by atoms with Crippen LogP contribution in [0.15, 0.2) is 0 Å². The first kappa shape index (κ1) is 13.1. The molecule has 1 unspecified atom stereocenters. The van der Waals surface area contributed by atoms with Crippen molar-refractivity contribution in [1.29, 1.82) is 0 Å². The average Bonchev–Trinajstić information content (AvgIpc) is 2.56. The van der Waals surface area contributed by atoms with Crippen molar-refractivity contribution < 1.29 is 4.79 Å². The first-order chi connectivity index (χ1) is 8.49. The van der Waals surface area contributed by atoms with Gasteiger partial charge in [0.25, 0.3) is 0 Å². The van der Waals surface area contributed by atoms with E-state index in [1.807, 2.05) is 30.5 Å². The fourth-order valence-electron chi connectivity index (χ4n) is 2.57. The van der Waals surface area contributed by atoms with Crippen LogP contribution in [-0.2, 0) is 18.3 Å². The third-order valence-corrected chi connectivity index (χ3v) is 3.80. The number of rotatable bonds is 2. The molecule has 2 N–H and O–H groups in total. The minimum absolute atomic E-state index is 0.138. The molecule has 1 aliphatic heterocycles. The van der Waals surface area contributed by atoms with Crippen molar-refractivity contribution in [3.05, 3.63) is 17.0 Å². The molecule has 0 bridgehead atoms. The standard InChI is InChI=1S/C13H22N4O/c1-9-12(10(2)16(3)15-9)7-13(18)17-6-4-5-11(14)8-17/h11H,4-8,14H2,1-3H3. The molecule has 1 aromatic rings. The Kier molecular flexibility index (Phi) is 3.71. The molecule has 0 aromatic carbocycles. The lowest BCUT2D eigenvalue weighted by Crippen LogP contribution is -2.46. The van der Waals surface area contributed by atoms with Crippen LogP contribution in [0.25, 0.3) is 0 Å². The molecule has 1 atom stereocenters. The van der Waals surface area contributed by atoms with E-state index < -0.39 is 0 Å². The van der Waals surface area contributed by atoms with E-state index >= 15 is 0 Å². The van der Waals surface area contributed by atoms with Crippen LogP contribution < -0.4 is 5.73 Å². The summed E-state index contributed by atoms with van der Waals surface area (Å²) in [6, 6.07) is 0.138. The first-order valence-corrected chi connectivity index (χ1v) is 6.51. The first-order valence-electron chi connectivity index (χ1n) is 6.51. The van der Waals surface area contributed by atoms with Crippen molar-refractivity contribution in [2.75, 3.05) is 13.1 Å². The molecule has 5 heteroatoms. The largest absolute Gasteiger partial charge is 0.341 e. The van der Waals surface area contributed by atoms with Crippen molar-refractivity contribution in [2.45, 2.75) is 39.2 Å². The molecular formula is C13H22N4O. The zero-order valence-electron chi connectivity index (χ0n) is 11.4. The van der Waals surface area contributed by atoms with E-state index in [0.717, 1.165) is 36.3 Å². The highest BCUT2D eigenvalue weighted by Gasteiger charge is 2.23. The maximum absolute atomic E-state index is 12.3. The second kappa shape index (κ2) is 5.10. The second-order valence-electron chi connectivity index (χ2n) is 5.19. The molecule has 2 rings (SSSR count). The highest BCUT2D eigenvalue weighted by Crippen LogP contribution is 2.15. The number of hydrogen-bond donors (Lipinski definition) is 1. The summed E-state index contributed by atoms with van der Waals surface area (Å²) in [6.07, 6.45) is 2.48. The Morgan fingerprint density at radius 1 is 1.50 bits per heavy atom. The Hall–Kier alpha value is -1.36. The molecule has 1 fully saturated rings. The summed E-state index contributed by atoms with van der Waals surface area (Å²) in [5.41, 5.74) is 8.99. The van der Waals surface area contributed by atoms with Gasteiger partial charge in [0.15, 0.2) is 0 Å². The zero-order valence-corrected chi connectivity index (χ0v) is 11.4. The highest BCUT2D eigenvalue weighted by molar-refractivity contribution is 5.79. The maximum Gasteiger partial charge on any atom is 0.227 e. The lowest BCUT2D eigenvalue weighted by Gasteiger charge is -2.30. The van der Waals surface area contributed by atoms with Gasteiger partial charge in [0, 0.05) is 37.4 Å². The predicted octanol–water partition coefficient (Wildman–Crippen LogP) is 0.529. The minimum atomic E-state index is 0.138. The Morgan fingerprint density at radius 2 is 2.22 bits per heavy atom. The molecule has 1 saturated heterocycles. The van der Waals surface area contributed by atoms with Gasteiger partial charge in [-0.25, -0.2) is 0 Å². The van der Waals surface area contributed by atoms with Gasteiger partial charge < -0.3 is 10.6 Å². The van der Waals surface area contributed by atoms with Gasteiger partial charge in [-0.1, -0.05) is 0 Å². The van der Waals surface area contributed by atoms with Gasteiger partial charge in [0.1, 0.15) is 0 Å². The van der Waals surface area contributed by atoms with Gasteiger partial charge in [0.2, 0.25) is 5.91 Å². The normalized spacial score (nSPS) is 20.2. The number of carbonyl (C=O) groups is 1. The molecule has 2 heterocycles. The number of nitrogens with zero attached hydrogens (tertiary/aromatic N) is 3. The van der Waals surface area contributed by atoms with Crippen LogP contribution in [0.3, 0.4) is 0 Å². The smallest absolute Gasteiger partial charge is 0.227 e. The van der Waals surface area contributed by atoms with E-state index in [2.05, 4.69) is 5.10 Å². The van der Waals surface area contributed by atoms with Crippen molar-refractivity contribution >= 4 is 5.91 Å². The third kappa shape index (κ3) is 2.56. The second-order valence-corrected chi connectivity index (χ2v) is 5.19. The molecule has 1 amide bonds. The number of amides is 1. The number of nitrogens with two attached hydrogens (primary N) is 1. The molecule has 0 radical (unpaired) electrons. The molecule has 5 nitrogen and oxygen atoms in total. The van der Waals surface area contributed by atoms with Gasteiger partial charge in [-0.15, -0.1) is 0 Å². The quantitative estimate of drug-likeness (QED) is 0.832. The van der Waals surface area contributed by atoms with E-state index in [9.17, 15) is 4.79 Å². The molecule has 0 saturated carbocycles. The fourth-order valence-corrected chi connectivity index (χ4v) is 2.57. The van der Waals surface area contributed by atoms with Crippen LogP contribution in [0, 0.1) is 13.8 Å². The minimum Gasteiger partial charge on any atom is -0.341 e. The number of hydrogen-bond acceptors (Lipinski definition) is 3. The van der Waals surface area contributed by atoms with Crippen LogP contribution in [-0.4, -0.2) is 39.7 Å². The van der Waals surface area contributed by atoms with Gasteiger partial charge in [0.05, 0.1) is 12.1 Å². The average molecular weight is 250 g/mol. The van der Waals surface area contributed by atoms with Crippen LogP contribution in [0.4, 0.5) is 0 Å². The summed E-state index contributed by atoms with van der Waals surface area (Å²) >= 11 is 0. The van der Waals surface area contributed by atoms with Crippen molar-refractivity contribution in [3.8, 4) is 0 Å². The summed E-state index contributed by atoms with van der Waals surface area (Å²) in [5.74, 6) is 0.171. The molecular weight excluding hydrogens is 228 g/mol. The summed E-state index contributed by atoms with van der Waals surface area (Å²) < 4.78 is 1.83. The number of aryl methyl sites for hydroxylation is 2. The summed E-state index contributed by atoms with van der Waals surface area (Å²) in [6.45, 7) is 5.49. The van der Waals surface area contributed by atoms with Crippen molar-refractivity contribution in [2.24, 2.45) is 12.8 Å². The molecule has 18 heavy (non-hydrogen) atoms. The Morgan fingerprint density at radius 3 is 2.78 bits per heavy atom. The van der Waals surface area contributed by atoms with Crippen LogP contribution >= 0.6 is 0 Å². The Labute approximate surface area is 108 Å². The van der Waals surface area contributed by atoms with E-state index in [-0.39, 0.29) is 11.9 Å². The SMILES string of the molecule is Cc1nn(C)c(C)c1CC(=O)N1CCCC(N)C1. The topological polar surface area (TPSA) is 64.2 Å². The van der Waals surface area contributed by atoms with Crippen molar-refractivity contribution in [3.63, 3.8) is 0 Å². The van der Waals surface area contributed by atoms with Gasteiger partial charge >= 0.3 is 0 Å². The predicted molar refractivity (Wildman–Crippen MR) is 70.2 cm³/mol. The Balaban J connectivity index is 2.06. The van der Waals surface area contributed by atoms with E-state index in [1.54, 1.807) is 0 Å². The lowest BCUT2D eigenvalue weighted by molar-refractivity contribution is -0.131. The third-order valence-electron chi connectivity index (χ3n) is 3.80. The number of aromatic nitrogens is 2. The van der Waals surface area contributed by atoms with Crippen LogP contribution in [0.5, 0.6) is 0 Å². The maximum atomic E-state index is 12.3. The molecule has 100 valence electrons. The number of piperidine rings is 1. The van der Waals surface area contributed by atoms with Gasteiger partial charge in [-0.2, -0.15) is 5.10 Å².